The van der Waals surface area contributed by atoms with Gasteiger partial charge in [0.15, 0.2) is 0 Å². The molecule has 1 aliphatic rings. The van der Waals surface area contributed by atoms with Crippen LogP contribution in [0.4, 0.5) is 10.1 Å². The van der Waals surface area contributed by atoms with Crippen LogP contribution in [0.5, 0.6) is 0 Å². The Morgan fingerprint density at radius 3 is 2.54 bits per heavy atom. The lowest BCUT2D eigenvalue weighted by Gasteiger charge is -2.16. The first-order valence-electron chi connectivity index (χ1n) is 8.18. The molecule has 0 saturated carbocycles. The molecule has 0 aromatic heterocycles. The smallest absolute Gasteiger partial charge is 0.264 e. The molecule has 1 heterocycles. The fourth-order valence-electron chi connectivity index (χ4n) is 2.47. The van der Waals surface area contributed by atoms with Crippen LogP contribution in [0.15, 0.2) is 59.8 Å². The number of nitrogens with one attached hydrogen (secondary N) is 2. The van der Waals surface area contributed by atoms with Crippen molar-refractivity contribution < 1.29 is 18.8 Å². The Morgan fingerprint density at radius 2 is 1.85 bits per heavy atom. The van der Waals surface area contributed by atoms with E-state index >= 15 is 0 Å². The highest BCUT2D eigenvalue weighted by atomic mass is 19.1. The summed E-state index contributed by atoms with van der Waals surface area (Å²) in [7, 11) is 0. The van der Waals surface area contributed by atoms with E-state index in [2.05, 4.69) is 15.8 Å². The van der Waals surface area contributed by atoms with Gasteiger partial charge in [-0.15, -0.1) is 0 Å². The molecular weight excluding hydrogens is 337 g/mol. The molecule has 2 N–H and O–H groups in total. The van der Waals surface area contributed by atoms with Crippen LogP contribution in [0.25, 0.3) is 0 Å². The molecule has 7 heteroatoms. The van der Waals surface area contributed by atoms with Crippen molar-refractivity contribution in [2.75, 3.05) is 5.32 Å². The van der Waals surface area contributed by atoms with Crippen molar-refractivity contribution in [2.24, 2.45) is 5.16 Å². The lowest BCUT2D eigenvalue weighted by Crippen LogP contribution is -2.46. The highest BCUT2D eigenvalue weighted by molar-refractivity contribution is 6.04. The third-order valence-electron chi connectivity index (χ3n) is 3.93. The predicted molar refractivity (Wildman–Crippen MR) is 95.1 cm³/mol. The van der Waals surface area contributed by atoms with E-state index in [0.717, 1.165) is 5.56 Å². The minimum Gasteiger partial charge on any atom is -0.382 e. The normalized spacial score (nSPS) is 17.0. The molecule has 0 saturated heterocycles. The van der Waals surface area contributed by atoms with Gasteiger partial charge in [-0.3, -0.25) is 9.59 Å². The van der Waals surface area contributed by atoms with E-state index in [0.29, 0.717) is 17.8 Å². The highest BCUT2D eigenvalue weighted by Crippen LogP contribution is 2.17. The zero-order valence-corrected chi connectivity index (χ0v) is 14.1. The van der Waals surface area contributed by atoms with Gasteiger partial charge >= 0.3 is 0 Å². The summed E-state index contributed by atoms with van der Waals surface area (Å²) in [6.07, 6.45) is -0.437. The van der Waals surface area contributed by atoms with E-state index in [4.69, 9.17) is 4.84 Å². The summed E-state index contributed by atoms with van der Waals surface area (Å²) >= 11 is 0. The minimum absolute atomic E-state index is 0.335. The molecule has 0 radical (unpaired) electrons. The molecule has 0 unspecified atom stereocenters. The fourth-order valence-corrected chi connectivity index (χ4v) is 2.47. The number of benzene rings is 2. The van der Waals surface area contributed by atoms with E-state index in [1.807, 2.05) is 30.3 Å². The first-order valence-corrected chi connectivity index (χ1v) is 8.18. The summed E-state index contributed by atoms with van der Waals surface area (Å²) in [5.74, 6) is -1.22. The molecule has 2 aromatic carbocycles. The van der Waals surface area contributed by atoms with Gasteiger partial charge in [-0.05, 0) is 36.8 Å². The first kappa shape index (κ1) is 17.6. The number of halogens is 1. The summed E-state index contributed by atoms with van der Waals surface area (Å²) in [6, 6.07) is 14.0. The Balaban J connectivity index is 1.51. The van der Waals surface area contributed by atoms with Crippen LogP contribution >= 0.6 is 0 Å². The number of anilines is 1. The molecule has 0 fully saturated rings. The minimum atomic E-state index is -0.781. The number of amides is 2. The van der Waals surface area contributed by atoms with Crippen LogP contribution in [-0.2, 0) is 14.4 Å². The number of carbonyl (C=O) groups is 2. The maximum atomic E-state index is 12.9. The molecule has 0 aliphatic carbocycles. The Hall–Kier alpha value is -3.22. The fraction of sp³-hybridized carbons (Fsp3) is 0.211. The van der Waals surface area contributed by atoms with Crippen LogP contribution in [0.1, 0.15) is 18.9 Å². The van der Waals surface area contributed by atoms with Gasteiger partial charge in [-0.25, -0.2) is 4.39 Å². The van der Waals surface area contributed by atoms with E-state index in [-0.39, 0.29) is 0 Å². The molecule has 26 heavy (non-hydrogen) atoms. The molecule has 134 valence electrons. The lowest BCUT2D eigenvalue weighted by molar-refractivity contribution is -0.134. The maximum Gasteiger partial charge on any atom is 0.264 e. The number of rotatable bonds is 5. The molecule has 2 amide bonds. The maximum absolute atomic E-state index is 12.9. The quantitative estimate of drug-likeness (QED) is 0.865. The third kappa shape index (κ3) is 4.24. The van der Waals surface area contributed by atoms with E-state index in [1.165, 1.54) is 24.3 Å². The van der Waals surface area contributed by atoms with Crippen LogP contribution in [0, 0.1) is 5.82 Å². The Labute approximate surface area is 150 Å². The second kappa shape index (κ2) is 7.77. The number of hydrogen-bond donors (Lipinski definition) is 2. The van der Waals surface area contributed by atoms with Gasteiger partial charge < -0.3 is 15.5 Å². The molecule has 1 aliphatic heterocycles. The summed E-state index contributed by atoms with van der Waals surface area (Å²) in [6.45, 7) is 1.56. The SMILES string of the molecule is C[C@H](NC(=O)[C@@H]1CC(c2ccccc2)=NO1)C(=O)Nc1ccc(F)cc1. The molecule has 3 rings (SSSR count). The molecule has 0 bridgehead atoms. The Morgan fingerprint density at radius 1 is 1.15 bits per heavy atom. The summed E-state index contributed by atoms with van der Waals surface area (Å²) in [5, 5.41) is 9.17. The number of oxime groups is 1. The van der Waals surface area contributed by atoms with E-state index < -0.39 is 29.8 Å². The average molecular weight is 355 g/mol. The van der Waals surface area contributed by atoms with Crippen molar-refractivity contribution in [3.8, 4) is 0 Å². The number of hydrogen-bond acceptors (Lipinski definition) is 4. The monoisotopic (exact) mass is 355 g/mol. The second-order valence-corrected chi connectivity index (χ2v) is 5.93. The summed E-state index contributed by atoms with van der Waals surface area (Å²) in [4.78, 5) is 29.6. The Bertz CT molecular complexity index is 822. The van der Waals surface area contributed by atoms with Gasteiger partial charge in [0, 0.05) is 12.1 Å². The Kier molecular flexibility index (Phi) is 5.26. The zero-order valence-electron chi connectivity index (χ0n) is 14.1. The highest BCUT2D eigenvalue weighted by Gasteiger charge is 2.30. The first-order chi connectivity index (χ1) is 12.5. The van der Waals surface area contributed by atoms with E-state index in [1.54, 1.807) is 6.92 Å². The molecule has 2 aromatic rings. The average Bonchev–Trinajstić information content (AvgIpc) is 3.14. The van der Waals surface area contributed by atoms with Crippen LogP contribution in [0.2, 0.25) is 0 Å². The van der Waals surface area contributed by atoms with Crippen molar-refractivity contribution >= 4 is 23.2 Å². The van der Waals surface area contributed by atoms with Crippen molar-refractivity contribution in [1.29, 1.82) is 0 Å². The van der Waals surface area contributed by atoms with Gasteiger partial charge in [0.1, 0.15) is 11.9 Å². The number of carbonyl (C=O) groups excluding carboxylic acids is 2. The van der Waals surface area contributed by atoms with Gasteiger partial charge in [0.05, 0.1) is 5.71 Å². The van der Waals surface area contributed by atoms with Gasteiger partial charge in [0.25, 0.3) is 5.91 Å². The second-order valence-electron chi connectivity index (χ2n) is 5.93. The third-order valence-corrected chi connectivity index (χ3v) is 3.93. The largest absolute Gasteiger partial charge is 0.382 e. The van der Waals surface area contributed by atoms with Gasteiger partial charge in [-0.2, -0.15) is 0 Å². The van der Waals surface area contributed by atoms with Crippen molar-refractivity contribution in [3.63, 3.8) is 0 Å². The van der Waals surface area contributed by atoms with Crippen LogP contribution in [-0.4, -0.2) is 29.7 Å². The molecule has 0 spiro atoms. The van der Waals surface area contributed by atoms with Gasteiger partial charge in [0.2, 0.25) is 12.0 Å². The zero-order chi connectivity index (χ0) is 18.5. The molecule has 2 atom stereocenters. The van der Waals surface area contributed by atoms with Crippen molar-refractivity contribution in [2.45, 2.75) is 25.5 Å². The van der Waals surface area contributed by atoms with Crippen molar-refractivity contribution in [1.82, 2.24) is 5.32 Å². The lowest BCUT2D eigenvalue weighted by atomic mass is 10.0. The van der Waals surface area contributed by atoms with E-state index in [9.17, 15) is 14.0 Å². The summed E-state index contributed by atoms with van der Waals surface area (Å²) in [5.41, 5.74) is 2.03. The van der Waals surface area contributed by atoms with Gasteiger partial charge in [-0.1, -0.05) is 35.5 Å². The topological polar surface area (TPSA) is 79.8 Å². The standard InChI is InChI=1S/C19H18FN3O3/c1-12(18(24)22-15-9-7-14(20)8-10-15)21-19(25)17-11-16(23-26-17)13-5-3-2-4-6-13/h2-10,12,17H,11H2,1H3,(H,21,25)(H,22,24)/t12-,17-/m0/s1. The van der Waals surface area contributed by atoms with Crippen LogP contribution < -0.4 is 10.6 Å². The van der Waals surface area contributed by atoms with Crippen LogP contribution in [0.3, 0.4) is 0 Å². The number of nitrogens with zero attached hydrogens (tertiary/aromatic N) is 1. The van der Waals surface area contributed by atoms with Crippen molar-refractivity contribution in [3.05, 3.63) is 66.0 Å². The molecule has 6 nitrogen and oxygen atoms in total. The molecular formula is C19H18FN3O3. The summed E-state index contributed by atoms with van der Waals surface area (Å²) < 4.78 is 12.9. The predicted octanol–water partition coefficient (Wildman–Crippen LogP) is 2.46.